The van der Waals surface area contributed by atoms with Gasteiger partial charge >= 0.3 is 0 Å². The fourth-order valence-corrected chi connectivity index (χ4v) is 3.23. The average molecular weight is 393 g/mol. The van der Waals surface area contributed by atoms with Crippen molar-refractivity contribution in [2.45, 2.75) is 58.4 Å². The molecular weight excluding hydrogens is 360 g/mol. The first-order valence-corrected chi connectivity index (χ1v) is 9.38. The molecule has 0 saturated carbocycles. The zero-order chi connectivity index (χ0) is 19.3. The lowest BCUT2D eigenvalue weighted by Crippen LogP contribution is -2.40. The molecule has 2 rings (SSSR count). The van der Waals surface area contributed by atoms with Gasteiger partial charge in [0.1, 0.15) is 0 Å². The highest BCUT2D eigenvalue weighted by molar-refractivity contribution is 5.94. The van der Waals surface area contributed by atoms with E-state index in [2.05, 4.69) is 32.0 Å². The molecule has 1 heterocycles. The number of aryl methyl sites for hydroxylation is 3. The number of rotatable bonds is 9. The van der Waals surface area contributed by atoms with E-state index in [4.69, 9.17) is 5.73 Å². The Labute approximate surface area is 169 Å². The molecule has 0 aliphatic carbocycles. The molecule has 0 unspecified atom stereocenters. The molecule has 1 atom stereocenters. The Morgan fingerprint density at radius 3 is 2.56 bits per heavy atom. The fraction of sp³-hybridized carbons (Fsp3) is 0.500. The number of benzene rings is 1. The van der Waals surface area contributed by atoms with Crippen LogP contribution in [0, 0.1) is 13.8 Å². The summed E-state index contributed by atoms with van der Waals surface area (Å²) in [4.78, 5) is 12.6. The summed E-state index contributed by atoms with van der Waals surface area (Å²) >= 11 is 0. The van der Waals surface area contributed by atoms with Gasteiger partial charge in [-0.3, -0.25) is 4.79 Å². The Bertz CT molecular complexity index is 766. The van der Waals surface area contributed by atoms with Crippen molar-refractivity contribution < 1.29 is 9.90 Å². The van der Waals surface area contributed by atoms with Crippen molar-refractivity contribution in [1.82, 2.24) is 4.57 Å². The van der Waals surface area contributed by atoms with E-state index in [1.807, 2.05) is 30.7 Å². The molecule has 150 valence electrons. The number of hydrogen-bond donors (Lipinski definition) is 2. The maximum atomic E-state index is 12.6. The Balaban J connectivity index is 0.00000364. The Morgan fingerprint density at radius 1 is 1.19 bits per heavy atom. The van der Waals surface area contributed by atoms with Crippen LogP contribution in [0.25, 0.3) is 0 Å². The molecule has 3 N–H and O–H groups in total. The minimum absolute atomic E-state index is 0. The van der Waals surface area contributed by atoms with E-state index in [1.165, 1.54) is 16.7 Å². The van der Waals surface area contributed by atoms with Crippen molar-refractivity contribution >= 4 is 18.2 Å². The van der Waals surface area contributed by atoms with Gasteiger partial charge in [-0.25, -0.2) is 0 Å². The van der Waals surface area contributed by atoms with E-state index < -0.39 is 5.54 Å². The summed E-state index contributed by atoms with van der Waals surface area (Å²) in [5.41, 5.74) is 11.2. The average Bonchev–Trinajstić information content (AvgIpc) is 2.97. The number of aliphatic hydroxyl groups excluding tert-OH is 1. The minimum Gasteiger partial charge on any atom is -0.394 e. The predicted molar refractivity (Wildman–Crippen MR) is 114 cm³/mol. The third-order valence-corrected chi connectivity index (χ3v) is 5.39. The maximum absolute atomic E-state index is 12.6. The molecule has 1 aromatic carbocycles. The van der Waals surface area contributed by atoms with Crippen molar-refractivity contribution in [3.8, 4) is 0 Å². The number of nitrogens with zero attached hydrogens (tertiary/aromatic N) is 1. The second-order valence-corrected chi connectivity index (χ2v) is 7.72. The number of aromatic nitrogens is 1. The van der Waals surface area contributed by atoms with Gasteiger partial charge in [0, 0.05) is 24.7 Å². The van der Waals surface area contributed by atoms with Crippen LogP contribution in [-0.4, -0.2) is 27.6 Å². The summed E-state index contributed by atoms with van der Waals surface area (Å²) in [5.74, 6) is 0.182. The number of carbonyl (C=O) groups excluding carboxylic acids is 1. The van der Waals surface area contributed by atoms with E-state index in [0.717, 1.165) is 30.7 Å². The highest BCUT2D eigenvalue weighted by Gasteiger charge is 2.19. The maximum Gasteiger partial charge on any atom is 0.179 e. The van der Waals surface area contributed by atoms with Crippen molar-refractivity contribution in [2.24, 2.45) is 12.8 Å². The lowest BCUT2D eigenvalue weighted by atomic mass is 9.97. The number of nitrogens with two attached hydrogens (primary N) is 1. The Hall–Kier alpha value is -1.62. The molecule has 0 radical (unpaired) electrons. The molecule has 0 fully saturated rings. The standard InChI is InChI=1S/C22H32N2O2.ClH/c1-16-7-5-8-18(17(16)2)9-6-10-21(26)20-12-11-19(24(20)4)13-14-22(3,23)15-25;/h5,7-8,11-12,25H,6,9-10,13-15,23H2,1-4H3;1H/t22-;/m1./s1. The zero-order valence-corrected chi connectivity index (χ0v) is 17.7. The zero-order valence-electron chi connectivity index (χ0n) is 16.9. The highest BCUT2D eigenvalue weighted by Crippen LogP contribution is 2.18. The van der Waals surface area contributed by atoms with Crippen LogP contribution in [0.4, 0.5) is 0 Å². The summed E-state index contributed by atoms with van der Waals surface area (Å²) in [7, 11) is 1.93. The van der Waals surface area contributed by atoms with E-state index in [1.54, 1.807) is 0 Å². The number of aliphatic hydroxyl groups is 1. The molecule has 0 aliphatic rings. The van der Waals surface area contributed by atoms with Gasteiger partial charge in [0.15, 0.2) is 5.78 Å². The summed E-state index contributed by atoms with van der Waals surface area (Å²) in [6.45, 7) is 6.07. The first kappa shape index (κ1) is 23.4. The van der Waals surface area contributed by atoms with Crippen molar-refractivity contribution in [1.29, 1.82) is 0 Å². The summed E-state index contributed by atoms with van der Waals surface area (Å²) in [5, 5.41) is 9.28. The normalized spacial score (nSPS) is 13.1. The van der Waals surface area contributed by atoms with Crippen molar-refractivity contribution in [2.75, 3.05) is 6.61 Å². The van der Waals surface area contributed by atoms with Crippen molar-refractivity contribution in [3.05, 3.63) is 58.4 Å². The molecule has 1 aromatic heterocycles. The van der Waals surface area contributed by atoms with Crippen LogP contribution in [0.5, 0.6) is 0 Å². The molecule has 5 heteroatoms. The highest BCUT2D eigenvalue weighted by atomic mass is 35.5. The first-order valence-electron chi connectivity index (χ1n) is 9.38. The smallest absolute Gasteiger partial charge is 0.179 e. The Morgan fingerprint density at radius 2 is 1.89 bits per heavy atom. The van der Waals surface area contributed by atoms with E-state index >= 15 is 0 Å². The third-order valence-electron chi connectivity index (χ3n) is 5.39. The first-order chi connectivity index (χ1) is 12.2. The van der Waals surface area contributed by atoms with Crippen LogP contribution >= 0.6 is 12.4 Å². The van der Waals surface area contributed by atoms with Gasteiger partial charge in [-0.2, -0.15) is 0 Å². The molecule has 0 saturated heterocycles. The topological polar surface area (TPSA) is 68.2 Å². The summed E-state index contributed by atoms with van der Waals surface area (Å²) in [6, 6.07) is 10.3. The van der Waals surface area contributed by atoms with Crippen LogP contribution in [0.2, 0.25) is 0 Å². The third kappa shape index (κ3) is 6.20. The largest absolute Gasteiger partial charge is 0.394 e. The number of halogens is 1. The van der Waals surface area contributed by atoms with E-state index in [-0.39, 0.29) is 24.8 Å². The summed E-state index contributed by atoms with van der Waals surface area (Å²) < 4.78 is 1.97. The molecule has 4 nitrogen and oxygen atoms in total. The number of hydrogen-bond acceptors (Lipinski definition) is 3. The fourth-order valence-electron chi connectivity index (χ4n) is 3.23. The van der Waals surface area contributed by atoms with Gasteiger partial charge in [-0.05, 0) is 75.3 Å². The van der Waals surface area contributed by atoms with Gasteiger partial charge in [0.25, 0.3) is 0 Å². The monoisotopic (exact) mass is 392 g/mol. The van der Waals surface area contributed by atoms with E-state index in [9.17, 15) is 9.90 Å². The van der Waals surface area contributed by atoms with Crippen LogP contribution in [0.1, 0.15) is 59.1 Å². The number of carbonyl (C=O) groups is 1. The second-order valence-electron chi connectivity index (χ2n) is 7.72. The SMILES string of the molecule is Cc1cccc(CCCC(=O)c2ccc(CC[C@@](C)(N)CO)n2C)c1C.Cl. The molecule has 0 spiro atoms. The quantitative estimate of drug-likeness (QED) is 0.635. The number of ketones is 1. The molecule has 27 heavy (non-hydrogen) atoms. The van der Waals surface area contributed by atoms with Crippen LogP contribution in [0.3, 0.4) is 0 Å². The molecule has 0 bridgehead atoms. The van der Waals surface area contributed by atoms with Crippen molar-refractivity contribution in [3.63, 3.8) is 0 Å². The molecular formula is C22H33ClN2O2. The second kappa shape index (κ2) is 10.1. The van der Waals surface area contributed by atoms with Gasteiger partial charge in [0.05, 0.1) is 12.3 Å². The molecule has 0 aliphatic heterocycles. The minimum atomic E-state index is -0.583. The van der Waals surface area contributed by atoms with Gasteiger partial charge in [-0.1, -0.05) is 18.2 Å². The summed E-state index contributed by atoms with van der Waals surface area (Å²) in [6.07, 6.45) is 3.77. The van der Waals surface area contributed by atoms with E-state index in [0.29, 0.717) is 12.8 Å². The van der Waals surface area contributed by atoms with Gasteiger partial charge < -0.3 is 15.4 Å². The van der Waals surface area contributed by atoms with Crippen LogP contribution in [-0.2, 0) is 19.9 Å². The number of Topliss-reactive ketones (excluding diaryl/α,β-unsaturated/α-hetero) is 1. The van der Waals surface area contributed by atoms with Crippen LogP contribution in [0.15, 0.2) is 30.3 Å². The Kier molecular flexibility index (Phi) is 8.73. The van der Waals surface area contributed by atoms with Gasteiger partial charge in [-0.15, -0.1) is 12.4 Å². The lowest BCUT2D eigenvalue weighted by Gasteiger charge is -2.21. The van der Waals surface area contributed by atoms with Gasteiger partial charge in [0.2, 0.25) is 0 Å². The van der Waals surface area contributed by atoms with Crippen LogP contribution < -0.4 is 5.73 Å². The lowest BCUT2D eigenvalue weighted by molar-refractivity contribution is 0.0972. The molecule has 2 aromatic rings. The predicted octanol–water partition coefficient (Wildman–Crippen LogP) is 3.91. The molecule has 0 amide bonds.